The summed E-state index contributed by atoms with van der Waals surface area (Å²) in [5.41, 5.74) is 8.42. The summed E-state index contributed by atoms with van der Waals surface area (Å²) in [7, 11) is 0. The van der Waals surface area contributed by atoms with Crippen molar-refractivity contribution in [2.75, 3.05) is 18.1 Å². The number of urea groups is 1. The van der Waals surface area contributed by atoms with Gasteiger partial charge in [-0.05, 0) is 49.4 Å². The molecule has 1 aliphatic carbocycles. The number of halogens is 1. The van der Waals surface area contributed by atoms with Crippen molar-refractivity contribution in [3.8, 4) is 0 Å². The molecule has 7 nitrogen and oxygen atoms in total. The Balaban J connectivity index is 1.54. The largest absolute Gasteiger partial charge is 0.350 e. The Labute approximate surface area is 154 Å². The average molecular weight is 409 g/mol. The van der Waals surface area contributed by atoms with E-state index in [0.717, 1.165) is 28.7 Å². The Morgan fingerprint density at radius 2 is 1.88 bits per heavy atom. The molecular weight excluding hydrogens is 388 g/mol. The Kier molecular flexibility index (Phi) is 5.27. The summed E-state index contributed by atoms with van der Waals surface area (Å²) in [4.78, 5) is 37.9. The fraction of sp³-hybridized carbons (Fsp3) is 0.471. The predicted octanol–water partition coefficient (Wildman–Crippen LogP) is 2.01. The molecule has 8 heteroatoms. The van der Waals surface area contributed by atoms with Gasteiger partial charge in [0.15, 0.2) is 0 Å². The minimum Gasteiger partial charge on any atom is -0.350 e. The number of nitrogens with zero attached hydrogens (tertiary/aromatic N) is 2. The molecule has 1 aromatic carbocycles. The lowest BCUT2D eigenvalue weighted by Crippen LogP contribution is -2.49. The van der Waals surface area contributed by atoms with Crippen molar-refractivity contribution in [3.05, 3.63) is 28.7 Å². The van der Waals surface area contributed by atoms with E-state index in [2.05, 4.69) is 21.4 Å². The van der Waals surface area contributed by atoms with E-state index in [1.807, 2.05) is 4.90 Å². The van der Waals surface area contributed by atoms with Gasteiger partial charge in [-0.2, -0.15) is 0 Å². The molecule has 0 bridgehead atoms. The summed E-state index contributed by atoms with van der Waals surface area (Å²) in [6.45, 7) is 1.32. The fourth-order valence-electron chi connectivity index (χ4n) is 3.06. The zero-order valence-corrected chi connectivity index (χ0v) is 15.4. The monoisotopic (exact) mass is 408 g/mol. The van der Waals surface area contributed by atoms with Gasteiger partial charge in [0.1, 0.15) is 0 Å². The molecule has 0 spiro atoms. The molecule has 25 heavy (non-hydrogen) atoms. The first kappa shape index (κ1) is 17.7. The molecule has 3 N–H and O–H groups in total. The zero-order chi connectivity index (χ0) is 18.0. The molecule has 0 aromatic heterocycles. The number of hydrogen-bond acceptors (Lipinski definition) is 3. The number of anilines is 1. The Hall–Kier alpha value is -2.09. The van der Waals surface area contributed by atoms with Gasteiger partial charge in [0.05, 0.1) is 5.69 Å². The number of amides is 4. The van der Waals surface area contributed by atoms with Crippen molar-refractivity contribution in [2.45, 2.75) is 25.7 Å². The number of benzene rings is 1. The Morgan fingerprint density at radius 1 is 1.20 bits per heavy atom. The van der Waals surface area contributed by atoms with Crippen LogP contribution in [0.1, 0.15) is 25.7 Å². The molecule has 3 rings (SSSR count). The van der Waals surface area contributed by atoms with Gasteiger partial charge in [0.2, 0.25) is 11.8 Å². The SMILES string of the molecule is NC(=O)N(NC(=O)C[C@H]1CCN(C(=O)C2CC2)C1)c1ccc(Br)cc1. The van der Waals surface area contributed by atoms with Crippen LogP contribution in [0.3, 0.4) is 0 Å². The van der Waals surface area contributed by atoms with Crippen LogP contribution in [0.15, 0.2) is 28.7 Å². The normalized spacial score (nSPS) is 19.6. The van der Waals surface area contributed by atoms with Gasteiger partial charge in [0, 0.05) is 29.9 Å². The van der Waals surface area contributed by atoms with E-state index >= 15 is 0 Å². The van der Waals surface area contributed by atoms with Crippen LogP contribution >= 0.6 is 15.9 Å². The molecule has 1 saturated carbocycles. The fourth-order valence-corrected chi connectivity index (χ4v) is 3.32. The van der Waals surface area contributed by atoms with Crippen molar-refractivity contribution in [1.29, 1.82) is 0 Å². The number of nitrogens with two attached hydrogens (primary N) is 1. The van der Waals surface area contributed by atoms with Gasteiger partial charge in [-0.15, -0.1) is 0 Å². The number of primary amides is 1. The first-order valence-corrected chi connectivity index (χ1v) is 9.16. The molecule has 134 valence electrons. The maximum absolute atomic E-state index is 12.3. The highest BCUT2D eigenvalue weighted by Crippen LogP contribution is 2.33. The van der Waals surface area contributed by atoms with E-state index in [1.54, 1.807) is 24.3 Å². The third kappa shape index (κ3) is 4.50. The molecule has 1 aromatic rings. The molecule has 1 saturated heterocycles. The Bertz CT molecular complexity index is 675. The minimum atomic E-state index is -0.757. The van der Waals surface area contributed by atoms with Crippen LogP contribution in [-0.2, 0) is 9.59 Å². The maximum atomic E-state index is 12.3. The minimum absolute atomic E-state index is 0.113. The van der Waals surface area contributed by atoms with Crippen LogP contribution < -0.4 is 16.2 Å². The van der Waals surface area contributed by atoms with Crippen LogP contribution in [-0.4, -0.2) is 35.8 Å². The van der Waals surface area contributed by atoms with Crippen LogP contribution in [0.5, 0.6) is 0 Å². The second kappa shape index (κ2) is 7.43. The van der Waals surface area contributed by atoms with E-state index in [9.17, 15) is 14.4 Å². The van der Waals surface area contributed by atoms with E-state index in [1.165, 1.54) is 0 Å². The first-order chi connectivity index (χ1) is 11.9. The lowest BCUT2D eigenvalue weighted by atomic mass is 10.1. The molecular formula is C17H21BrN4O3. The summed E-state index contributed by atoms with van der Waals surface area (Å²) in [6, 6.07) is 6.13. The first-order valence-electron chi connectivity index (χ1n) is 8.37. The number of hydrogen-bond donors (Lipinski definition) is 2. The van der Waals surface area contributed by atoms with Crippen molar-refractivity contribution in [1.82, 2.24) is 10.3 Å². The number of rotatable bonds is 4. The van der Waals surface area contributed by atoms with E-state index < -0.39 is 6.03 Å². The van der Waals surface area contributed by atoms with Crippen molar-refractivity contribution in [3.63, 3.8) is 0 Å². The summed E-state index contributed by atoms with van der Waals surface area (Å²) < 4.78 is 0.860. The second-order valence-electron chi connectivity index (χ2n) is 6.60. The molecule has 2 fully saturated rings. The van der Waals surface area contributed by atoms with E-state index in [-0.39, 0.29) is 30.1 Å². The number of nitrogens with one attached hydrogen (secondary N) is 1. The van der Waals surface area contributed by atoms with Crippen LogP contribution in [0.4, 0.5) is 10.5 Å². The average Bonchev–Trinajstić information content (AvgIpc) is 3.32. The smallest absolute Gasteiger partial charge is 0.338 e. The third-order valence-electron chi connectivity index (χ3n) is 4.54. The number of carbonyl (C=O) groups is 3. The van der Waals surface area contributed by atoms with Crippen LogP contribution in [0.2, 0.25) is 0 Å². The highest BCUT2D eigenvalue weighted by Gasteiger charge is 2.37. The standard InChI is InChI=1S/C17H21BrN4O3/c18-13-3-5-14(6-4-13)22(17(19)25)20-15(23)9-11-7-8-21(10-11)16(24)12-1-2-12/h3-6,11-12H,1-2,7-10H2,(H2,19,25)(H,20,23)/t11-/m1/s1. The molecule has 0 radical (unpaired) electrons. The van der Waals surface area contributed by atoms with Crippen molar-refractivity contribution in [2.24, 2.45) is 17.6 Å². The lowest BCUT2D eigenvalue weighted by molar-refractivity contribution is -0.132. The van der Waals surface area contributed by atoms with Gasteiger partial charge in [0.25, 0.3) is 0 Å². The molecule has 4 amide bonds. The van der Waals surface area contributed by atoms with Crippen LogP contribution in [0, 0.1) is 11.8 Å². The predicted molar refractivity (Wildman–Crippen MR) is 96.4 cm³/mol. The van der Waals surface area contributed by atoms with Gasteiger partial charge >= 0.3 is 6.03 Å². The van der Waals surface area contributed by atoms with E-state index in [4.69, 9.17) is 5.73 Å². The van der Waals surface area contributed by atoms with Crippen LogP contribution in [0.25, 0.3) is 0 Å². The van der Waals surface area contributed by atoms with Gasteiger partial charge < -0.3 is 10.6 Å². The highest BCUT2D eigenvalue weighted by atomic mass is 79.9. The summed E-state index contributed by atoms with van der Waals surface area (Å²) in [6.07, 6.45) is 3.04. The zero-order valence-electron chi connectivity index (χ0n) is 13.8. The van der Waals surface area contributed by atoms with E-state index in [0.29, 0.717) is 18.8 Å². The van der Waals surface area contributed by atoms with Gasteiger partial charge in [-0.3, -0.25) is 15.0 Å². The molecule has 0 unspecified atom stereocenters. The second-order valence-corrected chi connectivity index (χ2v) is 7.52. The molecule has 1 heterocycles. The van der Waals surface area contributed by atoms with Crippen molar-refractivity contribution < 1.29 is 14.4 Å². The topological polar surface area (TPSA) is 95.7 Å². The van der Waals surface area contributed by atoms with Gasteiger partial charge in [-0.1, -0.05) is 15.9 Å². The Morgan fingerprint density at radius 3 is 2.48 bits per heavy atom. The summed E-state index contributed by atoms with van der Waals surface area (Å²) in [5.74, 6) is 0.252. The molecule has 1 atom stereocenters. The number of hydrazine groups is 1. The quantitative estimate of drug-likeness (QED) is 0.745. The molecule has 2 aliphatic rings. The summed E-state index contributed by atoms with van der Waals surface area (Å²) >= 11 is 3.32. The molecule has 1 aliphatic heterocycles. The number of likely N-dealkylation sites (tertiary alicyclic amines) is 1. The third-order valence-corrected chi connectivity index (χ3v) is 5.07. The maximum Gasteiger partial charge on any atom is 0.338 e. The van der Waals surface area contributed by atoms with Crippen molar-refractivity contribution >= 4 is 39.5 Å². The summed E-state index contributed by atoms with van der Waals surface area (Å²) in [5, 5.41) is 1.04. The lowest BCUT2D eigenvalue weighted by Gasteiger charge is -2.22. The number of carbonyl (C=O) groups excluding carboxylic acids is 3. The van der Waals surface area contributed by atoms with Gasteiger partial charge in [-0.25, -0.2) is 9.80 Å². The highest BCUT2D eigenvalue weighted by molar-refractivity contribution is 9.10.